The van der Waals surface area contributed by atoms with Crippen molar-refractivity contribution in [2.24, 2.45) is 0 Å². The van der Waals surface area contributed by atoms with E-state index in [-0.39, 0.29) is 11.0 Å². The van der Waals surface area contributed by atoms with Crippen LogP contribution in [0.15, 0.2) is 12.1 Å². The fraction of sp³-hybridized carbons (Fsp3) is 0.500. The molecule has 5 heteroatoms. The summed E-state index contributed by atoms with van der Waals surface area (Å²) in [6, 6.07) is 5.20. The molecule has 1 aromatic rings. The minimum absolute atomic E-state index is 0.221. The number of carboxylic acids is 1. The molecule has 0 amide bonds. The average molecular weight is 261 g/mol. The Morgan fingerprint density at radius 3 is 2.58 bits per heavy atom. The average Bonchev–Trinajstić information content (AvgIpc) is 2.34. The lowest BCUT2D eigenvalue weighted by Crippen LogP contribution is -2.23. The quantitative estimate of drug-likeness (QED) is 0.900. The van der Waals surface area contributed by atoms with Gasteiger partial charge < -0.3 is 10.0 Å². The van der Waals surface area contributed by atoms with Gasteiger partial charge in [-0.25, -0.2) is 9.78 Å². The lowest BCUT2D eigenvalue weighted by molar-refractivity contribution is 0.0696. The van der Waals surface area contributed by atoms with E-state index >= 15 is 0 Å². The smallest absolute Gasteiger partial charge is 0.335 e. The normalized spacial score (nSPS) is 10.9. The van der Waals surface area contributed by atoms with Crippen molar-refractivity contribution in [3.05, 3.63) is 23.4 Å². The summed E-state index contributed by atoms with van der Waals surface area (Å²) in [6.45, 7) is 6.48. The molecule has 0 radical (unpaired) electrons. The highest BCUT2D eigenvalue weighted by Crippen LogP contribution is 2.24. The highest BCUT2D eigenvalue weighted by Gasteiger charge is 2.20. The molecule has 0 saturated carbocycles. The van der Waals surface area contributed by atoms with Crippen LogP contribution in [0.4, 0.5) is 5.82 Å². The molecular formula is C14H19N3O2. The van der Waals surface area contributed by atoms with Gasteiger partial charge in [-0.05, 0) is 12.1 Å². The van der Waals surface area contributed by atoms with Crippen LogP contribution in [0.3, 0.4) is 0 Å². The number of aromatic carboxylic acids is 1. The Morgan fingerprint density at radius 1 is 1.47 bits per heavy atom. The van der Waals surface area contributed by atoms with E-state index in [2.05, 4.69) is 11.1 Å². The maximum Gasteiger partial charge on any atom is 0.335 e. The molecule has 19 heavy (non-hydrogen) atoms. The third-order valence-electron chi connectivity index (χ3n) is 2.78. The Hall–Kier alpha value is -2.09. The Kier molecular flexibility index (Phi) is 4.49. The van der Waals surface area contributed by atoms with E-state index in [0.29, 0.717) is 18.8 Å². The maximum absolute atomic E-state index is 11.2. The summed E-state index contributed by atoms with van der Waals surface area (Å²) in [4.78, 5) is 17.5. The number of hydrogen-bond acceptors (Lipinski definition) is 4. The highest BCUT2D eigenvalue weighted by atomic mass is 16.4. The van der Waals surface area contributed by atoms with E-state index in [0.717, 1.165) is 5.69 Å². The SMILES string of the molecule is CN(CCC#N)c1cc(C(=O)O)cc(C(C)(C)C)n1. The Balaban J connectivity index is 3.21. The van der Waals surface area contributed by atoms with Crippen LogP contribution in [0.5, 0.6) is 0 Å². The van der Waals surface area contributed by atoms with Crippen LogP contribution >= 0.6 is 0 Å². The maximum atomic E-state index is 11.2. The molecule has 0 unspecified atom stereocenters. The summed E-state index contributed by atoms with van der Waals surface area (Å²) < 4.78 is 0. The molecule has 0 saturated heterocycles. The second-order valence-corrected chi connectivity index (χ2v) is 5.48. The highest BCUT2D eigenvalue weighted by molar-refractivity contribution is 5.88. The Labute approximate surface area is 113 Å². The van der Waals surface area contributed by atoms with Crippen molar-refractivity contribution in [2.45, 2.75) is 32.6 Å². The minimum atomic E-state index is -0.970. The molecule has 0 atom stereocenters. The van der Waals surface area contributed by atoms with Gasteiger partial charge in [-0.2, -0.15) is 5.26 Å². The molecule has 0 aliphatic heterocycles. The van der Waals surface area contributed by atoms with Gasteiger partial charge in [-0.3, -0.25) is 0 Å². The third kappa shape index (κ3) is 3.95. The first kappa shape index (κ1) is 15.0. The lowest BCUT2D eigenvalue weighted by Gasteiger charge is -2.23. The van der Waals surface area contributed by atoms with E-state index in [1.165, 1.54) is 6.07 Å². The molecule has 102 valence electrons. The van der Waals surface area contributed by atoms with Gasteiger partial charge in [0, 0.05) is 24.7 Å². The number of nitrogens with zero attached hydrogens (tertiary/aromatic N) is 3. The predicted molar refractivity (Wildman–Crippen MR) is 73.4 cm³/mol. The molecule has 0 spiro atoms. The molecule has 0 aliphatic rings. The molecule has 0 fully saturated rings. The second kappa shape index (κ2) is 5.70. The van der Waals surface area contributed by atoms with Gasteiger partial charge >= 0.3 is 5.97 Å². The van der Waals surface area contributed by atoms with E-state index in [1.807, 2.05) is 20.8 Å². The van der Waals surface area contributed by atoms with Crippen LogP contribution in [-0.4, -0.2) is 29.7 Å². The molecule has 1 aromatic heterocycles. The van der Waals surface area contributed by atoms with E-state index < -0.39 is 5.97 Å². The standard InChI is InChI=1S/C14H19N3O2/c1-14(2,3)11-8-10(13(18)19)9-12(16-11)17(4)7-5-6-15/h8-9H,5,7H2,1-4H3,(H,18,19). The van der Waals surface area contributed by atoms with Gasteiger partial charge in [0.05, 0.1) is 18.1 Å². The van der Waals surface area contributed by atoms with Crippen LogP contribution < -0.4 is 4.90 Å². The van der Waals surface area contributed by atoms with Crippen LogP contribution in [0.1, 0.15) is 43.2 Å². The molecule has 5 nitrogen and oxygen atoms in total. The third-order valence-corrected chi connectivity index (χ3v) is 2.78. The first-order valence-corrected chi connectivity index (χ1v) is 6.09. The zero-order chi connectivity index (χ0) is 14.6. The fourth-order valence-corrected chi connectivity index (χ4v) is 1.55. The van der Waals surface area contributed by atoms with Crippen molar-refractivity contribution in [3.8, 4) is 6.07 Å². The summed E-state index contributed by atoms with van der Waals surface area (Å²) in [5.41, 5.74) is 0.723. The van der Waals surface area contributed by atoms with Gasteiger partial charge in [0.25, 0.3) is 0 Å². The van der Waals surface area contributed by atoms with E-state index in [9.17, 15) is 4.79 Å². The number of aromatic nitrogens is 1. The van der Waals surface area contributed by atoms with Crippen molar-refractivity contribution < 1.29 is 9.90 Å². The van der Waals surface area contributed by atoms with Crippen molar-refractivity contribution in [1.29, 1.82) is 5.26 Å². The van der Waals surface area contributed by atoms with E-state index in [1.54, 1.807) is 18.0 Å². The number of hydrogen-bond donors (Lipinski definition) is 1. The molecular weight excluding hydrogens is 242 g/mol. The molecule has 1 N–H and O–H groups in total. The number of anilines is 1. The van der Waals surface area contributed by atoms with E-state index in [4.69, 9.17) is 10.4 Å². The van der Waals surface area contributed by atoms with Gasteiger partial charge in [0.15, 0.2) is 0 Å². The predicted octanol–water partition coefficient (Wildman–Crippen LogP) is 2.43. The van der Waals surface area contributed by atoms with Gasteiger partial charge in [-0.1, -0.05) is 20.8 Å². The number of rotatable bonds is 4. The first-order valence-electron chi connectivity index (χ1n) is 6.09. The van der Waals surface area contributed by atoms with Crippen LogP contribution in [0.25, 0.3) is 0 Å². The van der Waals surface area contributed by atoms with Gasteiger partial charge in [0.2, 0.25) is 0 Å². The molecule has 1 heterocycles. The van der Waals surface area contributed by atoms with Gasteiger partial charge in [-0.15, -0.1) is 0 Å². The molecule has 0 bridgehead atoms. The zero-order valence-corrected chi connectivity index (χ0v) is 11.8. The summed E-state index contributed by atoms with van der Waals surface area (Å²) >= 11 is 0. The summed E-state index contributed by atoms with van der Waals surface area (Å²) in [7, 11) is 1.80. The van der Waals surface area contributed by atoms with Crippen LogP contribution in [0.2, 0.25) is 0 Å². The Bertz CT molecular complexity index is 512. The van der Waals surface area contributed by atoms with Gasteiger partial charge in [0.1, 0.15) is 5.82 Å². The van der Waals surface area contributed by atoms with Crippen molar-refractivity contribution in [2.75, 3.05) is 18.5 Å². The monoisotopic (exact) mass is 261 g/mol. The Morgan fingerprint density at radius 2 is 2.11 bits per heavy atom. The number of carboxylic acid groups (broad SMARTS) is 1. The topological polar surface area (TPSA) is 77.2 Å². The summed E-state index contributed by atoms with van der Waals surface area (Å²) in [5, 5.41) is 17.8. The number of nitriles is 1. The largest absolute Gasteiger partial charge is 0.478 e. The molecule has 0 aromatic carbocycles. The van der Waals surface area contributed by atoms with Crippen LogP contribution in [0, 0.1) is 11.3 Å². The fourth-order valence-electron chi connectivity index (χ4n) is 1.55. The summed E-state index contributed by atoms with van der Waals surface area (Å²) in [5.74, 6) is -0.386. The number of pyridine rings is 1. The molecule has 0 aliphatic carbocycles. The zero-order valence-electron chi connectivity index (χ0n) is 11.8. The summed E-state index contributed by atoms with van der Waals surface area (Å²) in [6.07, 6.45) is 0.375. The second-order valence-electron chi connectivity index (χ2n) is 5.48. The van der Waals surface area contributed by atoms with Crippen LogP contribution in [-0.2, 0) is 5.41 Å². The lowest BCUT2D eigenvalue weighted by atomic mass is 9.90. The van der Waals surface area contributed by atoms with Crippen molar-refractivity contribution >= 4 is 11.8 Å². The minimum Gasteiger partial charge on any atom is -0.478 e. The number of carbonyl (C=O) groups is 1. The van der Waals surface area contributed by atoms with Crippen molar-refractivity contribution in [3.63, 3.8) is 0 Å². The molecule has 1 rings (SSSR count). The first-order chi connectivity index (χ1) is 8.75. The van der Waals surface area contributed by atoms with Crippen molar-refractivity contribution in [1.82, 2.24) is 4.98 Å².